The first kappa shape index (κ1) is 9.04. The summed E-state index contributed by atoms with van der Waals surface area (Å²) in [5.41, 5.74) is 1.15. The Bertz CT molecular complexity index is 247. The summed E-state index contributed by atoms with van der Waals surface area (Å²) in [6.45, 7) is 4.31. The zero-order valence-electron chi connectivity index (χ0n) is 7.50. The van der Waals surface area contributed by atoms with Crippen molar-refractivity contribution in [2.75, 3.05) is 0 Å². The molecule has 0 aromatic carbocycles. The third kappa shape index (κ3) is 2.53. The van der Waals surface area contributed by atoms with Crippen molar-refractivity contribution in [2.24, 2.45) is 5.41 Å². The summed E-state index contributed by atoms with van der Waals surface area (Å²) in [7, 11) is 0. The second-order valence-corrected chi connectivity index (χ2v) is 3.88. The van der Waals surface area contributed by atoms with E-state index >= 15 is 0 Å². The molecule has 2 nitrogen and oxygen atoms in total. The van der Waals surface area contributed by atoms with Crippen LogP contribution in [0, 0.1) is 5.41 Å². The van der Waals surface area contributed by atoms with E-state index in [1.54, 1.807) is 0 Å². The molecular formula is C10H14O2. The zero-order chi connectivity index (χ0) is 9.19. The van der Waals surface area contributed by atoms with Crippen LogP contribution in [-0.4, -0.2) is 11.1 Å². The van der Waals surface area contributed by atoms with Gasteiger partial charge in [0.15, 0.2) is 0 Å². The molecule has 1 rings (SSSR count). The van der Waals surface area contributed by atoms with Crippen molar-refractivity contribution in [3.8, 4) is 0 Å². The van der Waals surface area contributed by atoms with Crippen LogP contribution in [0.4, 0.5) is 0 Å². The summed E-state index contributed by atoms with van der Waals surface area (Å²) in [6, 6.07) is 0. The van der Waals surface area contributed by atoms with Gasteiger partial charge in [-0.25, -0.2) is 4.79 Å². The van der Waals surface area contributed by atoms with Gasteiger partial charge in [-0.3, -0.25) is 0 Å². The number of hydrogen-bond acceptors (Lipinski definition) is 1. The summed E-state index contributed by atoms with van der Waals surface area (Å²) in [6.07, 6.45) is 7.17. The first-order chi connectivity index (χ1) is 5.49. The smallest absolute Gasteiger partial charge is 0.328 e. The minimum absolute atomic E-state index is 0.232. The van der Waals surface area contributed by atoms with Crippen LogP contribution in [0.25, 0.3) is 0 Å². The van der Waals surface area contributed by atoms with Crippen molar-refractivity contribution in [2.45, 2.75) is 26.7 Å². The van der Waals surface area contributed by atoms with E-state index in [9.17, 15) is 4.79 Å². The molecule has 66 valence electrons. The maximum atomic E-state index is 10.3. The molecule has 0 radical (unpaired) electrons. The van der Waals surface area contributed by atoms with Crippen LogP contribution in [-0.2, 0) is 4.79 Å². The second kappa shape index (κ2) is 3.13. The SMILES string of the molecule is CC1(C)C=CC(=CC(=O)O)CC1. The van der Waals surface area contributed by atoms with Crippen LogP contribution in [0.1, 0.15) is 26.7 Å². The molecule has 0 heterocycles. The van der Waals surface area contributed by atoms with Crippen LogP contribution in [0.3, 0.4) is 0 Å². The standard InChI is InChI=1S/C10H14O2/c1-10(2)5-3-8(4-6-10)7-9(11)12/h3,5,7H,4,6H2,1-2H3,(H,11,12). The van der Waals surface area contributed by atoms with Crippen LogP contribution in [0.15, 0.2) is 23.8 Å². The van der Waals surface area contributed by atoms with E-state index in [0.29, 0.717) is 0 Å². The van der Waals surface area contributed by atoms with E-state index in [1.165, 1.54) is 6.08 Å². The molecule has 12 heavy (non-hydrogen) atoms. The molecule has 1 N–H and O–H groups in total. The van der Waals surface area contributed by atoms with Gasteiger partial charge in [-0.15, -0.1) is 0 Å². The molecule has 0 aromatic heterocycles. The lowest BCUT2D eigenvalue weighted by Gasteiger charge is -2.24. The molecule has 0 aliphatic heterocycles. The third-order valence-electron chi connectivity index (χ3n) is 2.12. The van der Waals surface area contributed by atoms with Crippen molar-refractivity contribution < 1.29 is 9.90 Å². The van der Waals surface area contributed by atoms with E-state index in [0.717, 1.165) is 18.4 Å². The largest absolute Gasteiger partial charge is 0.478 e. The Morgan fingerprint density at radius 2 is 2.33 bits per heavy atom. The van der Waals surface area contributed by atoms with Crippen molar-refractivity contribution in [1.82, 2.24) is 0 Å². The fourth-order valence-corrected chi connectivity index (χ4v) is 1.24. The lowest BCUT2D eigenvalue weighted by atomic mass is 9.81. The molecule has 0 fully saturated rings. The van der Waals surface area contributed by atoms with Gasteiger partial charge in [0.05, 0.1) is 0 Å². The number of carboxylic acids is 1. The Morgan fingerprint density at radius 1 is 1.67 bits per heavy atom. The number of rotatable bonds is 1. The number of carbonyl (C=O) groups is 1. The van der Waals surface area contributed by atoms with Gasteiger partial charge in [-0.1, -0.05) is 26.0 Å². The predicted octanol–water partition coefficient (Wildman–Crippen LogP) is 2.37. The Labute approximate surface area is 72.6 Å². The Hall–Kier alpha value is -1.05. The van der Waals surface area contributed by atoms with Gasteiger partial charge in [0.2, 0.25) is 0 Å². The van der Waals surface area contributed by atoms with Gasteiger partial charge in [0, 0.05) is 6.08 Å². The Balaban J connectivity index is 2.72. The molecule has 0 amide bonds. The molecule has 0 saturated carbocycles. The molecule has 0 unspecified atom stereocenters. The van der Waals surface area contributed by atoms with Crippen LogP contribution in [0.5, 0.6) is 0 Å². The molecule has 0 saturated heterocycles. The van der Waals surface area contributed by atoms with Crippen molar-refractivity contribution >= 4 is 5.97 Å². The lowest BCUT2D eigenvalue weighted by molar-refractivity contribution is -0.131. The highest BCUT2D eigenvalue weighted by Crippen LogP contribution is 2.31. The summed E-state index contributed by atoms with van der Waals surface area (Å²) in [5, 5.41) is 8.49. The van der Waals surface area contributed by atoms with Gasteiger partial charge in [0.1, 0.15) is 0 Å². The minimum Gasteiger partial charge on any atom is -0.478 e. The molecule has 0 aromatic rings. The Kier molecular flexibility index (Phi) is 2.36. The highest BCUT2D eigenvalue weighted by atomic mass is 16.4. The first-order valence-corrected chi connectivity index (χ1v) is 4.12. The lowest BCUT2D eigenvalue weighted by Crippen LogP contribution is -2.11. The number of hydrogen-bond donors (Lipinski definition) is 1. The molecule has 2 heteroatoms. The molecule has 0 atom stereocenters. The summed E-state index contributed by atoms with van der Waals surface area (Å²) in [4.78, 5) is 10.3. The average molecular weight is 166 g/mol. The van der Waals surface area contributed by atoms with Crippen molar-refractivity contribution in [1.29, 1.82) is 0 Å². The number of aliphatic carboxylic acids is 1. The topological polar surface area (TPSA) is 37.3 Å². The first-order valence-electron chi connectivity index (χ1n) is 4.12. The van der Waals surface area contributed by atoms with Gasteiger partial charge in [0.25, 0.3) is 0 Å². The molecule has 1 aliphatic carbocycles. The maximum absolute atomic E-state index is 10.3. The van der Waals surface area contributed by atoms with Gasteiger partial charge >= 0.3 is 5.97 Å². The Morgan fingerprint density at radius 3 is 2.75 bits per heavy atom. The van der Waals surface area contributed by atoms with Crippen molar-refractivity contribution in [3.63, 3.8) is 0 Å². The summed E-state index contributed by atoms with van der Waals surface area (Å²) >= 11 is 0. The van der Waals surface area contributed by atoms with Gasteiger partial charge in [-0.05, 0) is 23.8 Å². The fraction of sp³-hybridized carbons (Fsp3) is 0.500. The number of allylic oxidation sites excluding steroid dienone is 3. The molecule has 0 bridgehead atoms. The number of carboxylic acid groups (broad SMARTS) is 1. The highest BCUT2D eigenvalue weighted by molar-refractivity contribution is 5.81. The fourth-order valence-electron chi connectivity index (χ4n) is 1.24. The quantitative estimate of drug-likeness (QED) is 0.607. The molecule has 1 aliphatic rings. The monoisotopic (exact) mass is 166 g/mol. The molecule has 0 spiro atoms. The maximum Gasteiger partial charge on any atom is 0.328 e. The van der Waals surface area contributed by atoms with Gasteiger partial charge < -0.3 is 5.11 Å². The normalized spacial score (nSPS) is 24.3. The minimum atomic E-state index is -0.852. The summed E-state index contributed by atoms with van der Waals surface area (Å²) in [5.74, 6) is -0.852. The van der Waals surface area contributed by atoms with Crippen molar-refractivity contribution in [3.05, 3.63) is 23.8 Å². The zero-order valence-corrected chi connectivity index (χ0v) is 7.50. The predicted molar refractivity (Wildman–Crippen MR) is 47.9 cm³/mol. The second-order valence-electron chi connectivity index (χ2n) is 3.88. The van der Waals surface area contributed by atoms with E-state index in [-0.39, 0.29) is 5.41 Å². The summed E-state index contributed by atoms with van der Waals surface area (Å²) < 4.78 is 0. The van der Waals surface area contributed by atoms with E-state index in [1.807, 2.05) is 6.08 Å². The van der Waals surface area contributed by atoms with E-state index in [2.05, 4.69) is 19.9 Å². The van der Waals surface area contributed by atoms with Crippen LogP contribution >= 0.6 is 0 Å². The molecular weight excluding hydrogens is 152 g/mol. The highest BCUT2D eigenvalue weighted by Gasteiger charge is 2.18. The van der Waals surface area contributed by atoms with Gasteiger partial charge in [-0.2, -0.15) is 0 Å². The van der Waals surface area contributed by atoms with Crippen LogP contribution < -0.4 is 0 Å². The van der Waals surface area contributed by atoms with Crippen LogP contribution in [0.2, 0.25) is 0 Å². The average Bonchev–Trinajstić information content (AvgIpc) is 1.93. The van der Waals surface area contributed by atoms with E-state index in [4.69, 9.17) is 5.11 Å². The third-order valence-corrected chi connectivity index (χ3v) is 2.12. The van der Waals surface area contributed by atoms with E-state index < -0.39 is 5.97 Å².